The predicted molar refractivity (Wildman–Crippen MR) is 66.9 cm³/mol. The summed E-state index contributed by atoms with van der Waals surface area (Å²) in [5, 5.41) is 3.48. The first-order chi connectivity index (χ1) is 8.25. The van der Waals surface area contributed by atoms with Crippen molar-refractivity contribution in [2.24, 2.45) is 0 Å². The van der Waals surface area contributed by atoms with Crippen LogP contribution in [0.15, 0.2) is 18.2 Å². The minimum Gasteiger partial charge on any atom is -0.493 e. The summed E-state index contributed by atoms with van der Waals surface area (Å²) in [4.78, 5) is 0. The SMILES string of the molecule is Cc1ccc(F)cc1OCCC1CCCCN1. The minimum absolute atomic E-state index is 0.235. The van der Waals surface area contributed by atoms with Gasteiger partial charge in [-0.2, -0.15) is 0 Å². The van der Waals surface area contributed by atoms with Gasteiger partial charge >= 0.3 is 0 Å². The fourth-order valence-corrected chi connectivity index (χ4v) is 2.21. The van der Waals surface area contributed by atoms with Crippen molar-refractivity contribution in [2.45, 2.75) is 38.6 Å². The van der Waals surface area contributed by atoms with E-state index in [2.05, 4.69) is 5.32 Å². The van der Waals surface area contributed by atoms with E-state index in [9.17, 15) is 4.39 Å². The van der Waals surface area contributed by atoms with Crippen molar-refractivity contribution in [3.05, 3.63) is 29.6 Å². The van der Waals surface area contributed by atoms with Gasteiger partial charge in [-0.1, -0.05) is 12.5 Å². The Morgan fingerprint density at radius 2 is 2.29 bits per heavy atom. The second kappa shape index (κ2) is 6.01. The van der Waals surface area contributed by atoms with Crippen molar-refractivity contribution in [3.8, 4) is 5.75 Å². The van der Waals surface area contributed by atoms with Crippen LogP contribution in [0, 0.1) is 12.7 Å². The van der Waals surface area contributed by atoms with Gasteiger partial charge in [0.15, 0.2) is 0 Å². The van der Waals surface area contributed by atoms with Crippen LogP contribution in [0.2, 0.25) is 0 Å². The Labute approximate surface area is 102 Å². The molecule has 0 radical (unpaired) electrons. The summed E-state index contributed by atoms with van der Waals surface area (Å²) in [6.45, 7) is 3.71. The fourth-order valence-electron chi connectivity index (χ4n) is 2.21. The summed E-state index contributed by atoms with van der Waals surface area (Å²) in [5.41, 5.74) is 0.989. The lowest BCUT2D eigenvalue weighted by Gasteiger charge is -2.23. The number of aryl methyl sites for hydroxylation is 1. The average molecular weight is 237 g/mol. The topological polar surface area (TPSA) is 21.3 Å². The van der Waals surface area contributed by atoms with E-state index in [0.29, 0.717) is 18.4 Å². The Morgan fingerprint density at radius 1 is 1.41 bits per heavy atom. The molecule has 0 saturated carbocycles. The van der Waals surface area contributed by atoms with E-state index in [4.69, 9.17) is 4.74 Å². The molecule has 2 nitrogen and oxygen atoms in total. The highest BCUT2D eigenvalue weighted by Gasteiger charge is 2.12. The van der Waals surface area contributed by atoms with Crippen LogP contribution in [0.1, 0.15) is 31.2 Å². The van der Waals surface area contributed by atoms with Crippen molar-refractivity contribution in [3.63, 3.8) is 0 Å². The molecule has 2 rings (SSSR count). The molecular formula is C14H20FNO. The van der Waals surface area contributed by atoms with Crippen molar-refractivity contribution in [1.29, 1.82) is 0 Å². The molecule has 1 aliphatic rings. The molecule has 1 unspecified atom stereocenters. The van der Waals surface area contributed by atoms with E-state index in [0.717, 1.165) is 18.5 Å². The minimum atomic E-state index is -0.235. The maximum Gasteiger partial charge on any atom is 0.126 e. The second-order valence-electron chi connectivity index (χ2n) is 4.69. The largest absolute Gasteiger partial charge is 0.493 e. The first-order valence-corrected chi connectivity index (χ1v) is 6.38. The van der Waals surface area contributed by atoms with Gasteiger partial charge in [0.2, 0.25) is 0 Å². The van der Waals surface area contributed by atoms with Crippen LogP contribution < -0.4 is 10.1 Å². The Bertz CT molecular complexity index is 361. The summed E-state index contributed by atoms with van der Waals surface area (Å²) >= 11 is 0. The first kappa shape index (κ1) is 12.4. The van der Waals surface area contributed by atoms with E-state index in [1.807, 2.05) is 6.92 Å². The van der Waals surface area contributed by atoms with Gasteiger partial charge in [0.1, 0.15) is 11.6 Å². The lowest BCUT2D eigenvalue weighted by molar-refractivity contribution is 0.266. The van der Waals surface area contributed by atoms with E-state index >= 15 is 0 Å². The highest BCUT2D eigenvalue weighted by Crippen LogP contribution is 2.19. The number of nitrogens with one attached hydrogen (secondary N) is 1. The standard InChI is InChI=1S/C14H20FNO/c1-11-5-6-12(15)10-14(11)17-9-7-13-4-2-3-8-16-13/h5-6,10,13,16H,2-4,7-9H2,1H3. The number of benzene rings is 1. The van der Waals surface area contributed by atoms with Gasteiger partial charge in [-0.3, -0.25) is 0 Å². The highest BCUT2D eigenvalue weighted by atomic mass is 19.1. The molecule has 1 aromatic carbocycles. The number of piperidine rings is 1. The lowest BCUT2D eigenvalue weighted by atomic mass is 10.0. The Kier molecular flexibility index (Phi) is 4.37. The molecule has 1 aliphatic heterocycles. The summed E-state index contributed by atoms with van der Waals surface area (Å²) in [6, 6.07) is 5.25. The Hall–Kier alpha value is -1.09. The van der Waals surface area contributed by atoms with Crippen molar-refractivity contribution in [1.82, 2.24) is 5.32 Å². The van der Waals surface area contributed by atoms with Crippen molar-refractivity contribution < 1.29 is 9.13 Å². The summed E-state index contributed by atoms with van der Waals surface area (Å²) in [5.74, 6) is 0.433. The zero-order chi connectivity index (χ0) is 12.1. The second-order valence-corrected chi connectivity index (χ2v) is 4.69. The molecule has 1 aromatic rings. The van der Waals surface area contributed by atoms with Crippen LogP contribution in [-0.2, 0) is 0 Å². The number of ether oxygens (including phenoxy) is 1. The Morgan fingerprint density at radius 3 is 3.06 bits per heavy atom. The number of halogens is 1. The van der Waals surface area contributed by atoms with Crippen LogP contribution in [0.4, 0.5) is 4.39 Å². The molecule has 1 fully saturated rings. The van der Waals surface area contributed by atoms with Gasteiger partial charge in [-0.25, -0.2) is 4.39 Å². The maximum atomic E-state index is 13.0. The molecule has 17 heavy (non-hydrogen) atoms. The molecular weight excluding hydrogens is 217 g/mol. The van der Waals surface area contributed by atoms with Crippen LogP contribution in [0.25, 0.3) is 0 Å². The van der Waals surface area contributed by atoms with Gasteiger partial charge in [-0.15, -0.1) is 0 Å². The van der Waals surface area contributed by atoms with Gasteiger partial charge in [-0.05, 0) is 44.4 Å². The zero-order valence-corrected chi connectivity index (χ0v) is 10.3. The molecule has 1 N–H and O–H groups in total. The monoisotopic (exact) mass is 237 g/mol. The van der Waals surface area contributed by atoms with Crippen LogP contribution in [0.3, 0.4) is 0 Å². The molecule has 0 aliphatic carbocycles. The lowest BCUT2D eigenvalue weighted by Crippen LogP contribution is -2.35. The van der Waals surface area contributed by atoms with Crippen molar-refractivity contribution in [2.75, 3.05) is 13.2 Å². The normalized spacial score (nSPS) is 20.2. The van der Waals surface area contributed by atoms with Gasteiger partial charge in [0, 0.05) is 12.1 Å². The number of hydrogen-bond donors (Lipinski definition) is 1. The van der Waals surface area contributed by atoms with Crippen LogP contribution in [-0.4, -0.2) is 19.2 Å². The van der Waals surface area contributed by atoms with Crippen molar-refractivity contribution >= 4 is 0 Å². The molecule has 0 bridgehead atoms. The number of rotatable bonds is 4. The average Bonchev–Trinajstić information content (AvgIpc) is 2.35. The van der Waals surface area contributed by atoms with Crippen LogP contribution in [0.5, 0.6) is 5.75 Å². The first-order valence-electron chi connectivity index (χ1n) is 6.38. The van der Waals surface area contributed by atoms with E-state index < -0.39 is 0 Å². The highest BCUT2D eigenvalue weighted by molar-refractivity contribution is 5.32. The summed E-state index contributed by atoms with van der Waals surface area (Å²) in [7, 11) is 0. The van der Waals surface area contributed by atoms with E-state index in [1.54, 1.807) is 6.07 Å². The summed E-state index contributed by atoms with van der Waals surface area (Å²) in [6.07, 6.45) is 4.80. The molecule has 94 valence electrons. The smallest absolute Gasteiger partial charge is 0.126 e. The van der Waals surface area contributed by atoms with Gasteiger partial charge in [0.25, 0.3) is 0 Å². The predicted octanol–water partition coefficient (Wildman–Crippen LogP) is 3.05. The molecule has 3 heteroatoms. The Balaban J connectivity index is 1.79. The molecule has 0 aromatic heterocycles. The van der Waals surface area contributed by atoms with Crippen LogP contribution >= 0.6 is 0 Å². The number of hydrogen-bond acceptors (Lipinski definition) is 2. The molecule has 1 atom stereocenters. The van der Waals surface area contributed by atoms with Gasteiger partial charge < -0.3 is 10.1 Å². The molecule has 0 amide bonds. The fraction of sp³-hybridized carbons (Fsp3) is 0.571. The van der Waals surface area contributed by atoms with E-state index in [-0.39, 0.29) is 5.82 Å². The zero-order valence-electron chi connectivity index (χ0n) is 10.3. The third-order valence-corrected chi connectivity index (χ3v) is 3.29. The maximum absolute atomic E-state index is 13.0. The summed E-state index contributed by atoms with van der Waals surface area (Å²) < 4.78 is 18.7. The molecule has 0 spiro atoms. The third kappa shape index (κ3) is 3.70. The molecule has 1 saturated heterocycles. The third-order valence-electron chi connectivity index (χ3n) is 3.29. The van der Waals surface area contributed by atoms with Gasteiger partial charge in [0.05, 0.1) is 6.61 Å². The van der Waals surface area contributed by atoms with E-state index in [1.165, 1.54) is 31.4 Å². The molecule has 1 heterocycles. The quantitative estimate of drug-likeness (QED) is 0.869.